The van der Waals surface area contributed by atoms with Gasteiger partial charge >= 0.3 is 6.09 Å². The van der Waals surface area contributed by atoms with Gasteiger partial charge in [0.05, 0.1) is 5.02 Å². The Morgan fingerprint density at radius 2 is 1.57 bits per heavy atom. The molecule has 3 rings (SSSR count). The molecule has 0 aliphatic heterocycles. The maximum atomic E-state index is 12.9. The second-order valence-electron chi connectivity index (χ2n) is 6.57. The Hall–Kier alpha value is -2.83. The molecule has 154 valence electrons. The van der Waals surface area contributed by atoms with E-state index in [0.29, 0.717) is 21.6 Å². The Morgan fingerprint density at radius 3 is 2.20 bits per heavy atom. The molecular weight excluding hydrogens is 468 g/mol. The summed E-state index contributed by atoms with van der Waals surface area (Å²) in [5.41, 5.74) is 2.34. The van der Waals surface area contributed by atoms with Crippen molar-refractivity contribution in [2.24, 2.45) is 0 Å². The lowest BCUT2D eigenvalue weighted by Gasteiger charge is -2.19. The third kappa shape index (κ3) is 6.61. The molecule has 1 atom stereocenters. The minimum absolute atomic E-state index is 0.122. The Kier molecular flexibility index (Phi) is 7.88. The van der Waals surface area contributed by atoms with Crippen LogP contribution in [0.4, 0.5) is 10.5 Å². The number of hydrogen-bond donors (Lipinski definition) is 2. The van der Waals surface area contributed by atoms with Crippen molar-refractivity contribution in [1.82, 2.24) is 5.32 Å². The molecule has 0 saturated heterocycles. The van der Waals surface area contributed by atoms with Crippen LogP contribution in [0.25, 0.3) is 0 Å². The van der Waals surface area contributed by atoms with E-state index < -0.39 is 12.1 Å². The zero-order valence-electron chi connectivity index (χ0n) is 16.0. The van der Waals surface area contributed by atoms with Gasteiger partial charge in [-0.3, -0.25) is 4.79 Å². The highest BCUT2D eigenvalue weighted by molar-refractivity contribution is 9.10. The van der Waals surface area contributed by atoms with Crippen molar-refractivity contribution in [2.75, 3.05) is 5.32 Å². The summed E-state index contributed by atoms with van der Waals surface area (Å²) in [6.45, 7) is 0.122. The molecular formula is C23H20BrClN2O3. The van der Waals surface area contributed by atoms with E-state index in [1.54, 1.807) is 18.2 Å². The second-order valence-corrected chi connectivity index (χ2v) is 7.83. The number of halogens is 2. The molecule has 0 heterocycles. The van der Waals surface area contributed by atoms with Crippen LogP contribution in [-0.4, -0.2) is 18.0 Å². The van der Waals surface area contributed by atoms with Gasteiger partial charge in [-0.1, -0.05) is 72.3 Å². The summed E-state index contributed by atoms with van der Waals surface area (Å²) in [5, 5.41) is 6.02. The van der Waals surface area contributed by atoms with Gasteiger partial charge < -0.3 is 15.4 Å². The molecule has 0 aliphatic rings. The highest BCUT2D eigenvalue weighted by atomic mass is 79.9. The van der Waals surface area contributed by atoms with Crippen LogP contribution in [0.1, 0.15) is 11.1 Å². The standard InChI is InChI=1S/C23H20BrClN2O3/c24-19-14-18(11-12-20(19)25)26-22(28)21(13-16-7-3-1-4-8-16)27-23(29)30-15-17-9-5-2-6-10-17/h1-12,14,21H,13,15H2,(H,26,28)(H,27,29)/t21-/m0/s1. The molecule has 0 saturated carbocycles. The van der Waals surface area contributed by atoms with Gasteiger partial charge in [0.2, 0.25) is 5.91 Å². The summed E-state index contributed by atoms with van der Waals surface area (Å²) >= 11 is 9.34. The zero-order chi connectivity index (χ0) is 21.3. The normalized spacial score (nSPS) is 11.4. The van der Waals surface area contributed by atoms with E-state index >= 15 is 0 Å². The van der Waals surface area contributed by atoms with Gasteiger partial charge in [-0.25, -0.2) is 4.79 Å². The maximum Gasteiger partial charge on any atom is 0.408 e. The predicted molar refractivity (Wildman–Crippen MR) is 121 cm³/mol. The van der Waals surface area contributed by atoms with Crippen molar-refractivity contribution in [3.63, 3.8) is 0 Å². The first-order valence-corrected chi connectivity index (χ1v) is 10.5. The summed E-state index contributed by atoms with van der Waals surface area (Å²) in [4.78, 5) is 25.2. The number of benzene rings is 3. The van der Waals surface area contributed by atoms with E-state index in [0.717, 1.165) is 11.1 Å². The quantitative estimate of drug-likeness (QED) is 0.457. The molecule has 0 spiro atoms. The van der Waals surface area contributed by atoms with Crippen molar-refractivity contribution in [2.45, 2.75) is 19.1 Å². The SMILES string of the molecule is O=C(N[C@@H](Cc1ccccc1)C(=O)Nc1ccc(Cl)c(Br)c1)OCc1ccccc1. The van der Waals surface area contributed by atoms with Gasteiger partial charge in [0.15, 0.2) is 0 Å². The first kappa shape index (κ1) is 21.9. The van der Waals surface area contributed by atoms with Crippen molar-refractivity contribution < 1.29 is 14.3 Å². The lowest BCUT2D eigenvalue weighted by atomic mass is 10.1. The molecule has 0 aliphatic carbocycles. The van der Waals surface area contributed by atoms with Gasteiger partial charge in [-0.2, -0.15) is 0 Å². The molecule has 0 bridgehead atoms. The van der Waals surface area contributed by atoms with E-state index in [9.17, 15) is 9.59 Å². The number of hydrogen-bond acceptors (Lipinski definition) is 3. The van der Waals surface area contributed by atoms with Crippen LogP contribution in [-0.2, 0) is 22.6 Å². The third-order valence-electron chi connectivity index (χ3n) is 4.29. The van der Waals surface area contributed by atoms with Crippen molar-refractivity contribution in [3.05, 3.63) is 99.5 Å². The summed E-state index contributed by atoms with van der Waals surface area (Å²) in [6.07, 6.45) is -0.339. The van der Waals surface area contributed by atoms with E-state index in [2.05, 4.69) is 26.6 Å². The number of alkyl carbamates (subject to hydrolysis) is 1. The Morgan fingerprint density at radius 1 is 0.933 bits per heavy atom. The molecule has 0 unspecified atom stereocenters. The van der Waals surface area contributed by atoms with Crippen LogP contribution in [0.2, 0.25) is 5.02 Å². The van der Waals surface area contributed by atoms with Crippen LogP contribution in [0, 0.1) is 0 Å². The highest BCUT2D eigenvalue weighted by Gasteiger charge is 2.22. The zero-order valence-corrected chi connectivity index (χ0v) is 18.3. The van der Waals surface area contributed by atoms with E-state index in [1.165, 1.54) is 0 Å². The molecule has 3 aromatic rings. The van der Waals surface area contributed by atoms with Crippen LogP contribution in [0.5, 0.6) is 0 Å². The largest absolute Gasteiger partial charge is 0.445 e. The van der Waals surface area contributed by atoms with E-state index in [-0.39, 0.29) is 12.5 Å². The van der Waals surface area contributed by atoms with Gasteiger partial charge in [-0.05, 0) is 45.3 Å². The molecule has 2 amide bonds. The Balaban J connectivity index is 1.68. The van der Waals surface area contributed by atoms with Crippen LogP contribution in [0.15, 0.2) is 83.3 Å². The number of ether oxygens (including phenoxy) is 1. The van der Waals surface area contributed by atoms with Crippen LogP contribution < -0.4 is 10.6 Å². The summed E-state index contributed by atoms with van der Waals surface area (Å²) < 4.78 is 5.94. The Bertz CT molecular complexity index is 1000. The average molecular weight is 488 g/mol. The van der Waals surface area contributed by atoms with Crippen molar-refractivity contribution in [3.8, 4) is 0 Å². The highest BCUT2D eigenvalue weighted by Crippen LogP contribution is 2.25. The van der Waals surface area contributed by atoms with Gasteiger partial charge in [-0.15, -0.1) is 0 Å². The monoisotopic (exact) mass is 486 g/mol. The van der Waals surface area contributed by atoms with Crippen molar-refractivity contribution in [1.29, 1.82) is 0 Å². The molecule has 30 heavy (non-hydrogen) atoms. The number of amides is 2. The average Bonchev–Trinajstić information content (AvgIpc) is 2.76. The molecule has 0 radical (unpaired) electrons. The number of anilines is 1. The smallest absolute Gasteiger partial charge is 0.408 e. The molecule has 0 aromatic heterocycles. The van der Waals surface area contributed by atoms with Crippen LogP contribution in [0.3, 0.4) is 0 Å². The summed E-state index contributed by atoms with van der Waals surface area (Å²) in [5.74, 6) is -0.357. The fraction of sp³-hybridized carbons (Fsp3) is 0.130. The summed E-state index contributed by atoms with van der Waals surface area (Å²) in [7, 11) is 0. The van der Waals surface area contributed by atoms with Gasteiger partial charge in [0.1, 0.15) is 12.6 Å². The molecule has 0 fully saturated rings. The molecule has 5 nitrogen and oxygen atoms in total. The molecule has 2 N–H and O–H groups in total. The lowest BCUT2D eigenvalue weighted by Crippen LogP contribution is -2.45. The minimum atomic E-state index is -0.815. The van der Waals surface area contributed by atoms with E-state index in [1.807, 2.05) is 60.7 Å². The van der Waals surface area contributed by atoms with Crippen molar-refractivity contribution >= 4 is 45.2 Å². The number of carbonyl (C=O) groups is 2. The van der Waals surface area contributed by atoms with Gasteiger partial charge in [0, 0.05) is 16.6 Å². The summed E-state index contributed by atoms with van der Waals surface area (Å²) in [6, 6.07) is 23.1. The van der Waals surface area contributed by atoms with Crippen LogP contribution >= 0.6 is 27.5 Å². The first-order valence-electron chi connectivity index (χ1n) is 9.28. The predicted octanol–water partition coefficient (Wildman–Crippen LogP) is 5.58. The maximum absolute atomic E-state index is 12.9. The second kappa shape index (κ2) is 10.8. The fourth-order valence-electron chi connectivity index (χ4n) is 2.77. The first-order chi connectivity index (χ1) is 14.5. The third-order valence-corrected chi connectivity index (χ3v) is 5.51. The number of carbonyl (C=O) groups excluding carboxylic acids is 2. The van der Waals surface area contributed by atoms with E-state index in [4.69, 9.17) is 16.3 Å². The Labute approximate surface area is 188 Å². The topological polar surface area (TPSA) is 67.4 Å². The lowest BCUT2D eigenvalue weighted by molar-refractivity contribution is -0.118. The molecule has 3 aromatic carbocycles. The van der Waals surface area contributed by atoms with Gasteiger partial charge in [0.25, 0.3) is 0 Å². The fourth-order valence-corrected chi connectivity index (χ4v) is 3.27. The molecule has 7 heteroatoms. The minimum Gasteiger partial charge on any atom is -0.445 e. The number of nitrogens with one attached hydrogen (secondary N) is 2. The number of rotatable bonds is 7.